The summed E-state index contributed by atoms with van der Waals surface area (Å²) in [4.78, 5) is 12.6. The highest BCUT2D eigenvalue weighted by atomic mass is 19.1. The lowest BCUT2D eigenvalue weighted by atomic mass is 10.1. The highest BCUT2D eigenvalue weighted by molar-refractivity contribution is 5.67. The van der Waals surface area contributed by atoms with Crippen molar-refractivity contribution in [3.63, 3.8) is 0 Å². The molecule has 0 saturated heterocycles. The molecule has 0 saturated carbocycles. The molecule has 0 aliphatic carbocycles. The minimum Gasteiger partial charge on any atom is -0.481 e. The van der Waals surface area contributed by atoms with Crippen LogP contribution in [0.15, 0.2) is 54.6 Å². The molecule has 0 bridgehead atoms. The number of para-hydroxylation sites is 1. The van der Waals surface area contributed by atoms with Crippen molar-refractivity contribution in [3.8, 4) is 0 Å². The van der Waals surface area contributed by atoms with Gasteiger partial charge in [0.25, 0.3) is 0 Å². The van der Waals surface area contributed by atoms with Crippen molar-refractivity contribution in [1.82, 2.24) is 0 Å². The zero-order valence-corrected chi connectivity index (χ0v) is 12.4. The number of rotatable bonds is 8. The summed E-state index contributed by atoms with van der Waals surface area (Å²) in [5, 5.41) is 8.86. The van der Waals surface area contributed by atoms with Gasteiger partial charge in [-0.3, -0.25) is 4.79 Å². The second-order valence-electron chi connectivity index (χ2n) is 5.17. The highest BCUT2D eigenvalue weighted by Crippen LogP contribution is 2.19. The first kappa shape index (κ1) is 16.0. The summed E-state index contributed by atoms with van der Waals surface area (Å²) in [6, 6.07) is 16.6. The molecule has 0 spiro atoms. The zero-order chi connectivity index (χ0) is 15.8. The van der Waals surface area contributed by atoms with Gasteiger partial charge in [-0.1, -0.05) is 42.5 Å². The molecular formula is C18H20FNO2. The highest BCUT2D eigenvalue weighted by Gasteiger charge is 2.12. The zero-order valence-electron chi connectivity index (χ0n) is 12.4. The lowest BCUT2D eigenvalue weighted by molar-refractivity contribution is -0.136. The molecule has 0 radical (unpaired) electrons. The van der Waals surface area contributed by atoms with Crippen molar-refractivity contribution in [3.05, 3.63) is 66.0 Å². The predicted octanol–water partition coefficient (Wildman–Crippen LogP) is 3.74. The Bertz CT molecular complexity index is 601. The minimum atomic E-state index is -0.871. The number of anilines is 1. The summed E-state index contributed by atoms with van der Waals surface area (Å²) in [5.41, 5.74) is 1.70. The van der Waals surface area contributed by atoms with Crippen molar-refractivity contribution >= 4 is 11.7 Å². The molecule has 0 atom stereocenters. The summed E-state index contributed by atoms with van der Waals surface area (Å²) in [5.74, 6) is -1.18. The van der Waals surface area contributed by atoms with Gasteiger partial charge in [0.2, 0.25) is 0 Å². The van der Waals surface area contributed by atoms with Gasteiger partial charge >= 0.3 is 5.97 Å². The fraction of sp³-hybridized carbons (Fsp3) is 0.278. The fourth-order valence-electron chi connectivity index (χ4n) is 2.41. The molecule has 0 fully saturated rings. The van der Waals surface area contributed by atoms with E-state index in [1.165, 1.54) is 11.6 Å². The Morgan fingerprint density at radius 1 is 1.00 bits per heavy atom. The number of aliphatic carboxylic acids is 1. The Morgan fingerprint density at radius 2 is 1.68 bits per heavy atom. The largest absolute Gasteiger partial charge is 0.481 e. The molecule has 0 aromatic heterocycles. The molecule has 3 nitrogen and oxygen atoms in total. The second-order valence-corrected chi connectivity index (χ2v) is 5.17. The number of carboxylic acids is 1. The van der Waals surface area contributed by atoms with Gasteiger partial charge in [0.05, 0.1) is 12.1 Å². The smallest absolute Gasteiger partial charge is 0.305 e. The van der Waals surface area contributed by atoms with Gasteiger partial charge in [-0.05, 0) is 30.5 Å². The quantitative estimate of drug-likeness (QED) is 0.807. The van der Waals surface area contributed by atoms with E-state index >= 15 is 0 Å². The van der Waals surface area contributed by atoms with Crippen LogP contribution in [0.25, 0.3) is 0 Å². The summed E-state index contributed by atoms with van der Waals surface area (Å²) < 4.78 is 13.9. The van der Waals surface area contributed by atoms with Crippen LogP contribution in [0.4, 0.5) is 10.1 Å². The average Bonchev–Trinajstić information content (AvgIpc) is 2.52. The molecule has 2 aromatic carbocycles. The third-order valence-corrected chi connectivity index (χ3v) is 3.53. The molecule has 0 aliphatic heterocycles. The SMILES string of the molecule is O=C(O)CCN(CCCc1ccccc1)c1ccccc1F. The lowest BCUT2D eigenvalue weighted by Crippen LogP contribution is -2.28. The van der Waals surface area contributed by atoms with Crippen LogP contribution in [0.3, 0.4) is 0 Å². The number of benzene rings is 2. The van der Waals surface area contributed by atoms with E-state index in [1.54, 1.807) is 18.2 Å². The molecular weight excluding hydrogens is 281 g/mol. The molecule has 22 heavy (non-hydrogen) atoms. The number of hydrogen-bond acceptors (Lipinski definition) is 2. The van der Waals surface area contributed by atoms with Gasteiger partial charge < -0.3 is 10.0 Å². The monoisotopic (exact) mass is 301 g/mol. The molecule has 2 rings (SSSR count). The molecule has 0 unspecified atom stereocenters. The van der Waals surface area contributed by atoms with Crippen molar-refractivity contribution in [2.45, 2.75) is 19.3 Å². The lowest BCUT2D eigenvalue weighted by Gasteiger charge is -2.24. The van der Waals surface area contributed by atoms with Gasteiger partial charge in [0.1, 0.15) is 5.82 Å². The van der Waals surface area contributed by atoms with Gasteiger partial charge in [-0.2, -0.15) is 0 Å². The summed E-state index contributed by atoms with van der Waals surface area (Å²) in [6.45, 7) is 0.939. The minimum absolute atomic E-state index is 0.000326. The van der Waals surface area contributed by atoms with E-state index in [1.807, 2.05) is 23.1 Å². The Balaban J connectivity index is 1.98. The standard InChI is InChI=1S/C18H20FNO2/c19-16-10-4-5-11-17(16)20(14-12-18(21)22)13-6-9-15-7-2-1-3-8-15/h1-5,7-8,10-11H,6,9,12-14H2,(H,21,22). The maximum atomic E-state index is 13.9. The summed E-state index contributed by atoms with van der Waals surface area (Å²) >= 11 is 0. The van der Waals surface area contributed by atoms with Crippen LogP contribution in [0.5, 0.6) is 0 Å². The molecule has 116 valence electrons. The fourth-order valence-corrected chi connectivity index (χ4v) is 2.41. The van der Waals surface area contributed by atoms with Crippen LogP contribution in [0.2, 0.25) is 0 Å². The maximum absolute atomic E-state index is 13.9. The van der Waals surface area contributed by atoms with E-state index < -0.39 is 5.97 Å². The van der Waals surface area contributed by atoms with E-state index in [2.05, 4.69) is 12.1 Å². The van der Waals surface area contributed by atoms with Crippen molar-refractivity contribution in [1.29, 1.82) is 0 Å². The topological polar surface area (TPSA) is 40.5 Å². The summed E-state index contributed by atoms with van der Waals surface area (Å²) in [7, 11) is 0. The van der Waals surface area contributed by atoms with E-state index in [9.17, 15) is 9.18 Å². The predicted molar refractivity (Wildman–Crippen MR) is 85.6 cm³/mol. The summed E-state index contributed by atoms with van der Waals surface area (Å²) in [6.07, 6.45) is 1.73. The Morgan fingerprint density at radius 3 is 2.36 bits per heavy atom. The first-order chi connectivity index (χ1) is 10.7. The normalized spacial score (nSPS) is 10.4. The van der Waals surface area contributed by atoms with Crippen LogP contribution in [0, 0.1) is 5.82 Å². The number of nitrogens with zero attached hydrogens (tertiary/aromatic N) is 1. The Hall–Kier alpha value is -2.36. The number of carbonyl (C=O) groups is 1. The average molecular weight is 301 g/mol. The van der Waals surface area contributed by atoms with E-state index in [0.29, 0.717) is 18.8 Å². The number of aryl methyl sites for hydroxylation is 1. The second kappa shape index (κ2) is 8.17. The molecule has 2 aromatic rings. The number of halogens is 1. The van der Waals surface area contributed by atoms with Gasteiger partial charge in [0.15, 0.2) is 0 Å². The maximum Gasteiger partial charge on any atom is 0.305 e. The van der Waals surface area contributed by atoms with E-state index in [0.717, 1.165) is 12.8 Å². The van der Waals surface area contributed by atoms with Gasteiger partial charge in [-0.15, -0.1) is 0 Å². The van der Waals surface area contributed by atoms with Crippen LogP contribution < -0.4 is 4.90 Å². The Kier molecular flexibility index (Phi) is 5.95. The number of hydrogen-bond donors (Lipinski definition) is 1. The molecule has 0 amide bonds. The Labute approximate surface area is 130 Å². The van der Waals surface area contributed by atoms with Crippen molar-refractivity contribution < 1.29 is 14.3 Å². The van der Waals surface area contributed by atoms with Gasteiger partial charge in [-0.25, -0.2) is 4.39 Å². The molecule has 0 heterocycles. The third kappa shape index (κ3) is 4.88. The van der Waals surface area contributed by atoms with E-state index in [-0.39, 0.29) is 12.2 Å². The number of carboxylic acid groups (broad SMARTS) is 1. The molecule has 0 aliphatic rings. The van der Waals surface area contributed by atoms with Gasteiger partial charge in [0, 0.05) is 13.1 Å². The third-order valence-electron chi connectivity index (χ3n) is 3.53. The van der Waals surface area contributed by atoms with Crippen molar-refractivity contribution in [2.24, 2.45) is 0 Å². The van der Waals surface area contributed by atoms with Crippen LogP contribution >= 0.6 is 0 Å². The first-order valence-corrected chi connectivity index (χ1v) is 7.42. The van der Waals surface area contributed by atoms with Crippen LogP contribution in [-0.2, 0) is 11.2 Å². The van der Waals surface area contributed by atoms with Crippen LogP contribution in [0.1, 0.15) is 18.4 Å². The van der Waals surface area contributed by atoms with E-state index in [4.69, 9.17) is 5.11 Å². The molecule has 1 N–H and O–H groups in total. The van der Waals surface area contributed by atoms with Crippen molar-refractivity contribution in [2.75, 3.05) is 18.0 Å². The molecule has 4 heteroatoms. The first-order valence-electron chi connectivity index (χ1n) is 7.42. The van der Waals surface area contributed by atoms with Crippen LogP contribution in [-0.4, -0.2) is 24.2 Å².